The highest BCUT2D eigenvalue weighted by Crippen LogP contribution is 2.30. The van der Waals surface area contributed by atoms with Crippen LogP contribution in [0.4, 0.5) is 4.39 Å². The van der Waals surface area contributed by atoms with Gasteiger partial charge in [-0.15, -0.1) is 0 Å². The lowest BCUT2D eigenvalue weighted by Crippen LogP contribution is -2.03. The average Bonchev–Trinajstić information content (AvgIpc) is 2.28. The summed E-state index contributed by atoms with van der Waals surface area (Å²) in [5.41, 5.74) is -0.484. The Kier molecular flexibility index (Phi) is 3.62. The second kappa shape index (κ2) is 5.18. The Labute approximate surface area is 111 Å². The fraction of sp³-hybridized carbons (Fsp3) is 0. The Bertz CT molecular complexity index is 584. The summed E-state index contributed by atoms with van der Waals surface area (Å²) < 4.78 is 19.4. The molecule has 0 unspecified atom stereocenters. The molecule has 2 aromatic carbocycles. The molecule has 0 fully saturated rings. The minimum atomic E-state index is -1.37. The molecule has 0 aliphatic carbocycles. The minimum Gasteiger partial charge on any atom is -0.477 e. The Balaban J connectivity index is 2.46. The molecule has 0 bridgehead atoms. The molecule has 0 aromatic heterocycles. The van der Waals surface area contributed by atoms with Gasteiger partial charge in [0.15, 0.2) is 0 Å². The van der Waals surface area contributed by atoms with Crippen molar-refractivity contribution in [3.05, 3.63) is 58.3 Å². The van der Waals surface area contributed by atoms with Gasteiger partial charge in [-0.2, -0.15) is 0 Å². The monoisotopic (exact) mass is 310 g/mol. The van der Waals surface area contributed by atoms with E-state index in [1.165, 1.54) is 6.07 Å². The third kappa shape index (κ3) is 2.68. The number of hydrogen-bond donors (Lipinski definition) is 1. The highest BCUT2D eigenvalue weighted by atomic mass is 79.9. The van der Waals surface area contributed by atoms with Gasteiger partial charge < -0.3 is 9.84 Å². The number of ether oxygens (including phenoxy) is 1. The van der Waals surface area contributed by atoms with Gasteiger partial charge in [0.2, 0.25) is 0 Å². The van der Waals surface area contributed by atoms with Crippen LogP contribution in [0.3, 0.4) is 0 Å². The van der Waals surface area contributed by atoms with Crippen molar-refractivity contribution in [2.75, 3.05) is 0 Å². The largest absolute Gasteiger partial charge is 0.477 e. The van der Waals surface area contributed by atoms with Crippen molar-refractivity contribution in [3.63, 3.8) is 0 Å². The molecule has 0 aliphatic heterocycles. The number of halogens is 2. The van der Waals surface area contributed by atoms with Crippen LogP contribution in [0, 0.1) is 5.82 Å². The number of carboxylic acid groups (broad SMARTS) is 1. The Hall–Kier alpha value is -1.88. The van der Waals surface area contributed by atoms with Crippen LogP contribution < -0.4 is 4.74 Å². The van der Waals surface area contributed by atoms with Gasteiger partial charge >= 0.3 is 5.97 Å². The zero-order valence-electron chi connectivity index (χ0n) is 9.06. The zero-order chi connectivity index (χ0) is 13.1. The zero-order valence-corrected chi connectivity index (χ0v) is 10.6. The van der Waals surface area contributed by atoms with Crippen molar-refractivity contribution >= 4 is 21.9 Å². The van der Waals surface area contributed by atoms with E-state index in [-0.39, 0.29) is 5.75 Å². The van der Waals surface area contributed by atoms with Crippen LogP contribution in [0.1, 0.15) is 10.4 Å². The van der Waals surface area contributed by atoms with Crippen LogP contribution in [0.2, 0.25) is 0 Å². The van der Waals surface area contributed by atoms with E-state index in [2.05, 4.69) is 15.9 Å². The molecule has 2 aromatic rings. The van der Waals surface area contributed by atoms with Crippen molar-refractivity contribution in [2.45, 2.75) is 0 Å². The minimum absolute atomic E-state index is 0.0411. The topological polar surface area (TPSA) is 46.5 Å². The van der Waals surface area contributed by atoms with Crippen LogP contribution in [0.15, 0.2) is 46.9 Å². The third-order valence-corrected chi connectivity index (χ3v) is 2.66. The molecular formula is C13H8BrFO3. The van der Waals surface area contributed by atoms with E-state index < -0.39 is 17.3 Å². The molecule has 0 heterocycles. The first-order valence-electron chi connectivity index (χ1n) is 5.03. The van der Waals surface area contributed by atoms with E-state index in [9.17, 15) is 9.18 Å². The van der Waals surface area contributed by atoms with Gasteiger partial charge in [-0.3, -0.25) is 0 Å². The summed E-state index contributed by atoms with van der Waals surface area (Å²) in [7, 11) is 0. The fourth-order valence-electron chi connectivity index (χ4n) is 1.45. The van der Waals surface area contributed by atoms with E-state index in [0.29, 0.717) is 10.2 Å². The van der Waals surface area contributed by atoms with Gasteiger partial charge in [0.1, 0.15) is 22.9 Å². The molecule has 0 amide bonds. The number of carboxylic acids is 1. The highest BCUT2D eigenvalue weighted by molar-refractivity contribution is 9.10. The number of benzene rings is 2. The summed E-state index contributed by atoms with van der Waals surface area (Å²) >= 11 is 3.10. The van der Waals surface area contributed by atoms with Gasteiger partial charge in [-0.05, 0) is 24.3 Å². The van der Waals surface area contributed by atoms with Crippen LogP contribution in [-0.2, 0) is 0 Å². The van der Waals surface area contributed by atoms with E-state index in [4.69, 9.17) is 9.84 Å². The normalized spacial score (nSPS) is 10.1. The number of para-hydroxylation sites is 1. The van der Waals surface area contributed by atoms with E-state index in [0.717, 1.165) is 6.07 Å². The van der Waals surface area contributed by atoms with Crippen molar-refractivity contribution in [1.29, 1.82) is 0 Å². The van der Waals surface area contributed by atoms with Crippen molar-refractivity contribution < 1.29 is 19.0 Å². The maximum Gasteiger partial charge on any atom is 0.342 e. The van der Waals surface area contributed by atoms with Crippen LogP contribution in [0.25, 0.3) is 0 Å². The van der Waals surface area contributed by atoms with Crippen LogP contribution >= 0.6 is 15.9 Å². The Morgan fingerprint density at radius 3 is 2.50 bits per heavy atom. The lowest BCUT2D eigenvalue weighted by atomic mass is 10.2. The van der Waals surface area contributed by atoms with Crippen molar-refractivity contribution in [1.82, 2.24) is 0 Å². The quantitative estimate of drug-likeness (QED) is 0.929. The summed E-state index contributed by atoms with van der Waals surface area (Å²) in [4.78, 5) is 11.0. The molecular weight excluding hydrogens is 303 g/mol. The summed E-state index contributed by atoms with van der Waals surface area (Å²) in [6, 6.07) is 11.1. The van der Waals surface area contributed by atoms with E-state index in [1.54, 1.807) is 30.3 Å². The number of aromatic carboxylic acids is 1. The molecule has 18 heavy (non-hydrogen) atoms. The molecule has 5 heteroatoms. The molecule has 0 radical (unpaired) electrons. The van der Waals surface area contributed by atoms with Gasteiger partial charge in [-0.1, -0.05) is 34.1 Å². The summed E-state index contributed by atoms with van der Waals surface area (Å²) in [6.07, 6.45) is 0. The van der Waals surface area contributed by atoms with Crippen molar-refractivity contribution in [3.8, 4) is 11.5 Å². The molecule has 0 saturated carbocycles. The second-order valence-corrected chi connectivity index (χ2v) is 4.40. The first-order chi connectivity index (χ1) is 8.58. The summed E-state index contributed by atoms with van der Waals surface area (Å²) in [6.45, 7) is 0. The highest BCUT2D eigenvalue weighted by Gasteiger charge is 2.19. The van der Waals surface area contributed by atoms with Crippen molar-refractivity contribution in [2.24, 2.45) is 0 Å². The van der Waals surface area contributed by atoms with E-state index in [1.807, 2.05) is 0 Å². The van der Waals surface area contributed by atoms with Crippen LogP contribution in [-0.4, -0.2) is 11.1 Å². The third-order valence-electron chi connectivity index (χ3n) is 2.20. The smallest absolute Gasteiger partial charge is 0.342 e. The van der Waals surface area contributed by atoms with Gasteiger partial charge in [0, 0.05) is 4.47 Å². The lowest BCUT2D eigenvalue weighted by Gasteiger charge is -2.09. The standard InChI is InChI=1S/C13H8BrFO3/c14-8-6-10(15)12(13(16)17)11(7-8)18-9-4-2-1-3-5-9/h1-7H,(H,16,17). The second-order valence-electron chi connectivity index (χ2n) is 3.48. The van der Waals surface area contributed by atoms with Gasteiger partial charge in [-0.25, -0.2) is 9.18 Å². The van der Waals surface area contributed by atoms with Crippen LogP contribution in [0.5, 0.6) is 11.5 Å². The predicted molar refractivity (Wildman–Crippen MR) is 67.6 cm³/mol. The molecule has 0 atom stereocenters. The number of hydrogen-bond acceptors (Lipinski definition) is 2. The summed E-state index contributed by atoms with van der Waals surface area (Å²) in [5.74, 6) is -1.81. The summed E-state index contributed by atoms with van der Waals surface area (Å²) in [5, 5.41) is 8.98. The molecule has 2 rings (SSSR count). The Morgan fingerprint density at radius 1 is 1.22 bits per heavy atom. The predicted octanol–water partition coefficient (Wildman–Crippen LogP) is 4.08. The first-order valence-corrected chi connectivity index (χ1v) is 5.82. The van der Waals surface area contributed by atoms with E-state index >= 15 is 0 Å². The molecule has 92 valence electrons. The maximum atomic E-state index is 13.6. The SMILES string of the molecule is O=C(O)c1c(F)cc(Br)cc1Oc1ccccc1. The number of carbonyl (C=O) groups is 1. The fourth-order valence-corrected chi connectivity index (χ4v) is 1.86. The molecule has 0 spiro atoms. The molecule has 0 aliphatic rings. The lowest BCUT2D eigenvalue weighted by molar-refractivity contribution is 0.0689. The first kappa shape index (κ1) is 12.6. The molecule has 1 N–H and O–H groups in total. The maximum absolute atomic E-state index is 13.6. The van der Waals surface area contributed by atoms with Gasteiger partial charge in [0.05, 0.1) is 0 Å². The average molecular weight is 311 g/mol. The number of rotatable bonds is 3. The molecule has 3 nitrogen and oxygen atoms in total. The molecule has 0 saturated heterocycles. The van der Waals surface area contributed by atoms with Gasteiger partial charge in [0.25, 0.3) is 0 Å². The Morgan fingerprint density at radius 2 is 1.89 bits per heavy atom.